The molecule has 1 N–H and O–H groups in total. The van der Waals surface area contributed by atoms with E-state index in [9.17, 15) is 5.11 Å². The fourth-order valence-electron chi connectivity index (χ4n) is 1.62. The normalized spacial score (nSPS) is 13.1. The average molecular weight is 308 g/mol. The van der Waals surface area contributed by atoms with Crippen molar-refractivity contribution >= 4 is 22.0 Å². The third-order valence-electron chi connectivity index (χ3n) is 2.51. The van der Waals surface area contributed by atoms with Crippen molar-refractivity contribution in [1.82, 2.24) is 15.0 Å². The van der Waals surface area contributed by atoms with Crippen molar-refractivity contribution in [1.29, 1.82) is 0 Å². The highest BCUT2D eigenvalue weighted by molar-refractivity contribution is 9.10. The van der Waals surface area contributed by atoms with E-state index in [4.69, 9.17) is 0 Å². The molecule has 2 rings (SSSR count). The summed E-state index contributed by atoms with van der Waals surface area (Å²) in [6, 6.07) is 7.59. The largest absolute Gasteiger partial charge is 0.386 e. The number of aromatic nitrogens is 3. The van der Waals surface area contributed by atoms with Crippen molar-refractivity contribution in [3.05, 3.63) is 52.3 Å². The van der Waals surface area contributed by atoms with Crippen LogP contribution in [0.15, 0.2) is 41.0 Å². The molecule has 0 radical (unpaired) electrons. The minimum Gasteiger partial charge on any atom is -0.386 e. The van der Waals surface area contributed by atoms with Crippen LogP contribution < -0.4 is 0 Å². The molecule has 0 aliphatic heterocycles. The summed E-state index contributed by atoms with van der Waals surface area (Å²) in [5.74, 6) is 0. The van der Waals surface area contributed by atoms with Gasteiger partial charge in [-0.2, -0.15) is 0 Å². The minimum absolute atomic E-state index is 0.395. The van der Waals surface area contributed by atoms with Crippen LogP contribution in [0.3, 0.4) is 0 Å². The smallest absolute Gasteiger partial charge is 0.105 e. The van der Waals surface area contributed by atoms with E-state index < -0.39 is 6.10 Å². The van der Waals surface area contributed by atoms with Crippen molar-refractivity contribution in [2.45, 2.75) is 19.6 Å². The molecule has 0 saturated carbocycles. The van der Waals surface area contributed by atoms with Gasteiger partial charge in [0, 0.05) is 4.47 Å². The maximum atomic E-state index is 10.1. The minimum atomic E-state index is -0.585. The maximum absolute atomic E-state index is 10.1. The lowest BCUT2D eigenvalue weighted by Crippen LogP contribution is -2.09. The summed E-state index contributed by atoms with van der Waals surface area (Å²) in [5, 5.41) is 18.0. The number of halogens is 1. The molecule has 94 valence electrons. The molecule has 1 aromatic heterocycles. The summed E-state index contributed by atoms with van der Waals surface area (Å²) in [4.78, 5) is 0. The molecule has 0 bridgehead atoms. The highest BCUT2D eigenvalue weighted by Gasteiger charge is 2.09. The predicted molar refractivity (Wildman–Crippen MR) is 73.8 cm³/mol. The Morgan fingerprint density at radius 1 is 1.39 bits per heavy atom. The van der Waals surface area contributed by atoms with Crippen LogP contribution in [0.5, 0.6) is 0 Å². The van der Waals surface area contributed by atoms with Gasteiger partial charge >= 0.3 is 0 Å². The Morgan fingerprint density at radius 2 is 2.11 bits per heavy atom. The lowest BCUT2D eigenvalue weighted by molar-refractivity contribution is 0.150. The second-order valence-electron chi connectivity index (χ2n) is 3.93. The van der Waals surface area contributed by atoms with Gasteiger partial charge in [0.1, 0.15) is 5.69 Å². The second-order valence-corrected chi connectivity index (χ2v) is 4.85. The molecule has 0 amide bonds. The quantitative estimate of drug-likeness (QED) is 0.945. The molecule has 1 atom stereocenters. The van der Waals surface area contributed by atoms with Gasteiger partial charge in [0.15, 0.2) is 0 Å². The standard InChI is InChI=1S/C13H14BrN3O/c1-2-3-12-8-17(16-15-12)9-13(18)10-4-6-11(14)7-5-10/h2-8,13,18H,9H2,1H3/b3-2+/t13-/m1/s1. The Bertz CT molecular complexity index is 533. The Morgan fingerprint density at radius 3 is 2.78 bits per heavy atom. The summed E-state index contributed by atoms with van der Waals surface area (Å²) in [5.41, 5.74) is 1.65. The molecule has 1 aromatic carbocycles. The lowest BCUT2D eigenvalue weighted by atomic mass is 10.1. The van der Waals surface area contributed by atoms with Crippen molar-refractivity contribution < 1.29 is 5.11 Å². The first-order valence-corrected chi connectivity index (χ1v) is 6.44. The summed E-state index contributed by atoms with van der Waals surface area (Å²) >= 11 is 3.37. The summed E-state index contributed by atoms with van der Waals surface area (Å²) in [6.07, 6.45) is 5.00. The molecular formula is C13H14BrN3O. The predicted octanol–water partition coefficient (Wildman–Crippen LogP) is 2.81. The number of hydrogen-bond donors (Lipinski definition) is 1. The van der Waals surface area contributed by atoms with E-state index in [1.54, 1.807) is 4.68 Å². The molecule has 0 spiro atoms. The number of allylic oxidation sites excluding steroid dienone is 1. The molecule has 5 heteroatoms. The Labute approximate surface area is 114 Å². The Hall–Kier alpha value is -1.46. The van der Waals surface area contributed by atoms with Crippen LogP contribution in [0.25, 0.3) is 6.08 Å². The number of aliphatic hydroxyl groups is 1. The van der Waals surface area contributed by atoms with Gasteiger partial charge in [-0.05, 0) is 30.7 Å². The van der Waals surface area contributed by atoms with Crippen molar-refractivity contribution in [2.24, 2.45) is 0 Å². The van der Waals surface area contributed by atoms with Crippen LogP contribution in [-0.2, 0) is 6.54 Å². The number of aliphatic hydroxyl groups excluding tert-OH is 1. The van der Waals surface area contributed by atoms with Gasteiger partial charge in [-0.1, -0.05) is 39.4 Å². The highest BCUT2D eigenvalue weighted by atomic mass is 79.9. The van der Waals surface area contributed by atoms with Crippen LogP contribution in [0, 0.1) is 0 Å². The number of nitrogens with zero attached hydrogens (tertiary/aromatic N) is 3. The van der Waals surface area contributed by atoms with E-state index in [2.05, 4.69) is 26.2 Å². The average Bonchev–Trinajstić information content (AvgIpc) is 2.78. The van der Waals surface area contributed by atoms with Gasteiger partial charge in [-0.15, -0.1) is 5.10 Å². The van der Waals surface area contributed by atoms with E-state index >= 15 is 0 Å². The van der Waals surface area contributed by atoms with Gasteiger partial charge in [0.2, 0.25) is 0 Å². The van der Waals surface area contributed by atoms with Gasteiger partial charge in [-0.3, -0.25) is 0 Å². The molecule has 0 unspecified atom stereocenters. The molecule has 0 saturated heterocycles. The molecule has 18 heavy (non-hydrogen) atoms. The lowest BCUT2D eigenvalue weighted by Gasteiger charge is -2.10. The molecule has 0 aliphatic rings. The van der Waals surface area contributed by atoms with Crippen molar-refractivity contribution in [3.8, 4) is 0 Å². The first-order chi connectivity index (χ1) is 8.69. The highest BCUT2D eigenvalue weighted by Crippen LogP contribution is 2.18. The zero-order valence-corrected chi connectivity index (χ0v) is 11.6. The second kappa shape index (κ2) is 5.93. The van der Waals surface area contributed by atoms with E-state index in [0.717, 1.165) is 15.7 Å². The Kier molecular flexibility index (Phi) is 4.28. The SMILES string of the molecule is C/C=C/c1cn(C[C@@H](O)c2ccc(Br)cc2)nn1. The third-order valence-corrected chi connectivity index (χ3v) is 3.04. The molecule has 2 aromatic rings. The van der Waals surface area contributed by atoms with Crippen LogP contribution in [0.2, 0.25) is 0 Å². The van der Waals surface area contributed by atoms with Crippen LogP contribution in [0.1, 0.15) is 24.3 Å². The van der Waals surface area contributed by atoms with Gasteiger partial charge in [-0.25, -0.2) is 4.68 Å². The van der Waals surface area contributed by atoms with Gasteiger partial charge in [0.05, 0.1) is 18.8 Å². The number of rotatable bonds is 4. The summed E-state index contributed by atoms with van der Waals surface area (Å²) < 4.78 is 2.64. The molecule has 0 aliphatic carbocycles. The first kappa shape index (κ1) is 13.0. The topological polar surface area (TPSA) is 50.9 Å². The maximum Gasteiger partial charge on any atom is 0.105 e. The van der Waals surface area contributed by atoms with Crippen LogP contribution in [-0.4, -0.2) is 20.1 Å². The van der Waals surface area contributed by atoms with Crippen LogP contribution in [0.4, 0.5) is 0 Å². The Balaban J connectivity index is 2.06. The fourth-order valence-corrected chi connectivity index (χ4v) is 1.88. The van der Waals surface area contributed by atoms with Crippen LogP contribution >= 0.6 is 15.9 Å². The molecule has 0 fully saturated rings. The van der Waals surface area contributed by atoms with E-state index in [1.807, 2.05) is 49.5 Å². The van der Waals surface area contributed by atoms with Gasteiger partial charge in [0.25, 0.3) is 0 Å². The van der Waals surface area contributed by atoms with E-state index in [0.29, 0.717) is 6.54 Å². The summed E-state index contributed by atoms with van der Waals surface area (Å²) in [6.45, 7) is 2.32. The number of benzene rings is 1. The molecular weight excluding hydrogens is 294 g/mol. The van der Waals surface area contributed by atoms with Crippen molar-refractivity contribution in [3.63, 3.8) is 0 Å². The number of hydrogen-bond acceptors (Lipinski definition) is 3. The van der Waals surface area contributed by atoms with E-state index in [-0.39, 0.29) is 0 Å². The molecule has 4 nitrogen and oxygen atoms in total. The third kappa shape index (κ3) is 3.27. The van der Waals surface area contributed by atoms with Crippen molar-refractivity contribution in [2.75, 3.05) is 0 Å². The molecule has 1 heterocycles. The summed E-state index contributed by atoms with van der Waals surface area (Å²) in [7, 11) is 0. The van der Waals surface area contributed by atoms with E-state index in [1.165, 1.54) is 0 Å². The zero-order valence-electron chi connectivity index (χ0n) is 9.99. The fraction of sp³-hybridized carbons (Fsp3) is 0.231. The monoisotopic (exact) mass is 307 g/mol. The first-order valence-electron chi connectivity index (χ1n) is 5.65. The van der Waals surface area contributed by atoms with Gasteiger partial charge < -0.3 is 5.11 Å². The zero-order chi connectivity index (χ0) is 13.0.